The monoisotopic (exact) mass is 392 g/mol. The average molecular weight is 392 g/mol. The Morgan fingerprint density at radius 3 is 2.58 bits per heavy atom. The lowest BCUT2D eigenvalue weighted by atomic mass is 10.1. The Hall–Kier alpha value is -2.52. The zero-order chi connectivity index (χ0) is 18.7. The van der Waals surface area contributed by atoms with Crippen LogP contribution in [0.1, 0.15) is 34.8 Å². The molecule has 0 bridgehead atoms. The Morgan fingerprint density at radius 2 is 1.96 bits per heavy atom. The molecule has 2 aromatic heterocycles. The summed E-state index contributed by atoms with van der Waals surface area (Å²) in [6, 6.07) is 9.96. The van der Waals surface area contributed by atoms with Crippen molar-refractivity contribution in [2.45, 2.75) is 18.8 Å². The molecule has 1 atom stereocenters. The van der Waals surface area contributed by atoms with Crippen LogP contribution < -0.4 is 0 Å². The summed E-state index contributed by atoms with van der Waals surface area (Å²) >= 11 is 1.47. The van der Waals surface area contributed by atoms with Gasteiger partial charge in [-0.05, 0) is 36.1 Å². The standard InChI is InChI=1S/C17H16N2O5S2/c1-11(15-18-19-16(24-15)14-4-3-9-25-14)23-17(20)13-7-5-12(6-8-13)10-26(2,21)22/h3-9,11H,10H2,1-2H3/t11-/m1/s1. The molecule has 0 spiro atoms. The highest BCUT2D eigenvalue weighted by Gasteiger charge is 2.20. The summed E-state index contributed by atoms with van der Waals surface area (Å²) in [4.78, 5) is 13.1. The molecule has 3 aromatic rings. The average Bonchev–Trinajstić information content (AvgIpc) is 3.25. The van der Waals surface area contributed by atoms with Gasteiger partial charge in [0, 0.05) is 6.26 Å². The highest BCUT2D eigenvalue weighted by atomic mass is 32.2. The second kappa shape index (κ2) is 7.38. The number of nitrogens with zero attached hydrogens (tertiary/aromatic N) is 2. The van der Waals surface area contributed by atoms with Gasteiger partial charge in [0.25, 0.3) is 11.8 Å². The van der Waals surface area contributed by atoms with Gasteiger partial charge in [-0.3, -0.25) is 0 Å². The highest BCUT2D eigenvalue weighted by Crippen LogP contribution is 2.26. The third kappa shape index (κ3) is 4.55. The van der Waals surface area contributed by atoms with Crippen LogP contribution in [0.25, 0.3) is 10.8 Å². The number of rotatable bonds is 6. The summed E-state index contributed by atoms with van der Waals surface area (Å²) in [5.41, 5.74) is 0.918. The van der Waals surface area contributed by atoms with E-state index in [9.17, 15) is 13.2 Å². The Morgan fingerprint density at radius 1 is 1.23 bits per heavy atom. The fourth-order valence-corrected chi connectivity index (χ4v) is 3.66. The van der Waals surface area contributed by atoms with Gasteiger partial charge in [0.2, 0.25) is 0 Å². The van der Waals surface area contributed by atoms with Crippen LogP contribution in [0.4, 0.5) is 0 Å². The number of hydrogen-bond donors (Lipinski definition) is 0. The molecule has 3 rings (SSSR count). The Balaban J connectivity index is 1.66. The van der Waals surface area contributed by atoms with Crippen LogP contribution in [0.5, 0.6) is 0 Å². The predicted molar refractivity (Wildman–Crippen MR) is 96.4 cm³/mol. The van der Waals surface area contributed by atoms with Crippen LogP contribution in [0.2, 0.25) is 0 Å². The minimum Gasteiger partial charge on any atom is -0.449 e. The summed E-state index contributed by atoms with van der Waals surface area (Å²) in [6.45, 7) is 1.64. The predicted octanol–water partition coefficient (Wildman–Crippen LogP) is 3.26. The van der Waals surface area contributed by atoms with Crippen molar-refractivity contribution in [3.63, 3.8) is 0 Å². The number of esters is 1. The lowest BCUT2D eigenvalue weighted by Crippen LogP contribution is -2.10. The third-order valence-corrected chi connectivity index (χ3v) is 5.14. The summed E-state index contributed by atoms with van der Waals surface area (Å²) in [5, 5.41) is 9.77. The smallest absolute Gasteiger partial charge is 0.338 e. The minimum absolute atomic E-state index is 0.0772. The van der Waals surface area contributed by atoms with E-state index in [1.165, 1.54) is 23.5 Å². The van der Waals surface area contributed by atoms with E-state index >= 15 is 0 Å². The lowest BCUT2D eigenvalue weighted by molar-refractivity contribution is 0.0280. The number of thiophene rings is 1. The maximum Gasteiger partial charge on any atom is 0.338 e. The first-order valence-corrected chi connectivity index (χ1v) is 10.6. The van der Waals surface area contributed by atoms with Crippen LogP contribution in [0.15, 0.2) is 46.2 Å². The Labute approximate surface area is 154 Å². The number of hydrogen-bond acceptors (Lipinski definition) is 8. The number of ether oxygens (including phenoxy) is 1. The van der Waals surface area contributed by atoms with Crippen molar-refractivity contribution in [3.05, 3.63) is 58.8 Å². The topological polar surface area (TPSA) is 99.4 Å². The van der Waals surface area contributed by atoms with Crippen LogP contribution in [-0.2, 0) is 20.3 Å². The molecular formula is C17H16N2O5S2. The second-order valence-corrected chi connectivity index (χ2v) is 8.83. The number of aromatic nitrogens is 2. The van der Waals surface area contributed by atoms with Gasteiger partial charge in [-0.25, -0.2) is 13.2 Å². The van der Waals surface area contributed by atoms with Crippen molar-refractivity contribution in [2.75, 3.05) is 6.26 Å². The van der Waals surface area contributed by atoms with E-state index in [-0.39, 0.29) is 11.6 Å². The van der Waals surface area contributed by atoms with Gasteiger partial charge in [-0.1, -0.05) is 18.2 Å². The summed E-state index contributed by atoms with van der Waals surface area (Å²) in [7, 11) is -3.12. The summed E-state index contributed by atoms with van der Waals surface area (Å²) in [6.07, 6.45) is 0.450. The summed E-state index contributed by atoms with van der Waals surface area (Å²) < 4.78 is 33.5. The quantitative estimate of drug-likeness (QED) is 0.594. The molecule has 0 saturated heterocycles. The first-order valence-electron chi connectivity index (χ1n) is 7.67. The van der Waals surface area contributed by atoms with Gasteiger partial charge in [-0.2, -0.15) is 0 Å². The molecule has 0 unspecified atom stereocenters. The van der Waals surface area contributed by atoms with Crippen LogP contribution >= 0.6 is 11.3 Å². The summed E-state index contributed by atoms with van der Waals surface area (Å²) in [5.74, 6) is -0.0515. The minimum atomic E-state index is -3.12. The molecule has 26 heavy (non-hydrogen) atoms. The lowest BCUT2D eigenvalue weighted by Gasteiger charge is -2.09. The molecular weight excluding hydrogens is 376 g/mol. The largest absolute Gasteiger partial charge is 0.449 e. The molecule has 0 amide bonds. The van der Waals surface area contributed by atoms with Gasteiger partial charge in [0.1, 0.15) is 0 Å². The van der Waals surface area contributed by atoms with Gasteiger partial charge >= 0.3 is 5.97 Å². The zero-order valence-corrected chi connectivity index (χ0v) is 15.7. The van der Waals surface area contributed by atoms with Gasteiger partial charge in [0.05, 0.1) is 16.2 Å². The van der Waals surface area contributed by atoms with E-state index in [1.807, 2.05) is 17.5 Å². The maximum absolute atomic E-state index is 12.2. The molecule has 2 heterocycles. The molecule has 0 radical (unpaired) electrons. The van der Waals surface area contributed by atoms with E-state index < -0.39 is 21.9 Å². The molecule has 9 heteroatoms. The molecule has 1 aromatic carbocycles. The number of sulfone groups is 1. The van der Waals surface area contributed by atoms with E-state index in [2.05, 4.69) is 10.2 Å². The molecule has 0 fully saturated rings. The third-order valence-electron chi connectivity index (χ3n) is 3.42. The normalized spacial score (nSPS) is 12.7. The van der Waals surface area contributed by atoms with Crippen molar-refractivity contribution in [1.82, 2.24) is 10.2 Å². The Kier molecular flexibility index (Phi) is 5.19. The van der Waals surface area contributed by atoms with Gasteiger partial charge in [0.15, 0.2) is 15.9 Å². The van der Waals surface area contributed by atoms with Crippen molar-refractivity contribution < 1.29 is 22.4 Å². The number of carbonyl (C=O) groups excluding carboxylic acids is 1. The number of carbonyl (C=O) groups is 1. The second-order valence-electron chi connectivity index (χ2n) is 5.74. The fraction of sp³-hybridized carbons (Fsp3) is 0.235. The molecule has 0 saturated carbocycles. The van der Waals surface area contributed by atoms with Crippen molar-refractivity contribution >= 4 is 27.1 Å². The van der Waals surface area contributed by atoms with Crippen molar-refractivity contribution in [3.8, 4) is 10.8 Å². The zero-order valence-electron chi connectivity index (χ0n) is 14.1. The fourth-order valence-electron chi connectivity index (χ4n) is 2.22. The van der Waals surface area contributed by atoms with Crippen LogP contribution in [-0.4, -0.2) is 30.8 Å². The first kappa shape index (κ1) is 18.3. The highest BCUT2D eigenvalue weighted by molar-refractivity contribution is 7.89. The first-order chi connectivity index (χ1) is 12.3. The van der Waals surface area contributed by atoms with Crippen molar-refractivity contribution in [2.24, 2.45) is 0 Å². The van der Waals surface area contributed by atoms with E-state index in [4.69, 9.17) is 9.15 Å². The molecule has 7 nitrogen and oxygen atoms in total. The molecule has 0 aliphatic rings. The van der Waals surface area contributed by atoms with Gasteiger partial charge in [-0.15, -0.1) is 21.5 Å². The number of benzene rings is 1. The molecule has 0 N–H and O–H groups in total. The van der Waals surface area contributed by atoms with Crippen LogP contribution in [0.3, 0.4) is 0 Å². The van der Waals surface area contributed by atoms with E-state index in [1.54, 1.807) is 19.1 Å². The van der Waals surface area contributed by atoms with E-state index in [0.717, 1.165) is 11.1 Å². The SMILES string of the molecule is C[C@@H](OC(=O)c1ccc(CS(C)(=O)=O)cc1)c1nnc(-c2cccs2)o1. The van der Waals surface area contributed by atoms with Gasteiger partial charge < -0.3 is 9.15 Å². The van der Waals surface area contributed by atoms with Crippen molar-refractivity contribution in [1.29, 1.82) is 0 Å². The Bertz CT molecular complexity index is 992. The maximum atomic E-state index is 12.2. The molecule has 136 valence electrons. The van der Waals surface area contributed by atoms with Crippen LogP contribution in [0, 0.1) is 0 Å². The molecule has 0 aliphatic heterocycles. The van der Waals surface area contributed by atoms with E-state index in [0.29, 0.717) is 17.0 Å². The molecule has 0 aliphatic carbocycles.